The van der Waals surface area contributed by atoms with Gasteiger partial charge in [-0.05, 0) is 69.3 Å². The van der Waals surface area contributed by atoms with Gasteiger partial charge in [0.15, 0.2) is 9.84 Å². The maximum atomic E-state index is 12.9. The first-order valence-corrected chi connectivity index (χ1v) is 13.1. The fraction of sp³-hybridized carbons (Fsp3) is 0.308. The van der Waals surface area contributed by atoms with Crippen LogP contribution in [-0.2, 0) is 22.9 Å². The third-order valence-corrected chi connectivity index (χ3v) is 7.47. The molecular formula is C26H29N3O4S. The molecule has 1 N–H and O–H groups in total. The van der Waals surface area contributed by atoms with Gasteiger partial charge in [0.1, 0.15) is 5.75 Å². The number of sulfone groups is 1. The molecule has 0 atom stereocenters. The van der Waals surface area contributed by atoms with Crippen LogP contribution in [0.5, 0.6) is 5.75 Å². The standard InChI is InChI=1S/C26H29N3O4S/c1-5-29-24-11-7-18(13-22(24)23-14-20(33-17(3)4)9-12-25(23)29)26(30)28-15-19-8-10-21(16-27-19)34(31,32)6-2/h7-14,16-17H,5-6,15H2,1-4H3,(H,28,30). The average molecular weight is 480 g/mol. The molecule has 2 aromatic carbocycles. The molecule has 0 saturated carbocycles. The maximum Gasteiger partial charge on any atom is 0.251 e. The van der Waals surface area contributed by atoms with E-state index in [1.165, 1.54) is 12.3 Å². The number of carbonyl (C=O) groups excluding carboxylic acids is 1. The molecule has 0 aliphatic rings. The number of nitrogens with one attached hydrogen (secondary N) is 1. The van der Waals surface area contributed by atoms with Crippen molar-refractivity contribution in [2.75, 3.05) is 5.75 Å². The Morgan fingerprint density at radius 3 is 2.35 bits per heavy atom. The number of hydrogen-bond donors (Lipinski definition) is 1. The van der Waals surface area contributed by atoms with Gasteiger partial charge in [-0.3, -0.25) is 9.78 Å². The fourth-order valence-corrected chi connectivity index (χ4v) is 4.87. The minimum atomic E-state index is -3.30. The fourth-order valence-electron chi connectivity index (χ4n) is 4.05. The number of aryl methyl sites for hydroxylation is 1. The number of fused-ring (bicyclic) bond motifs is 3. The lowest BCUT2D eigenvalue weighted by Crippen LogP contribution is -2.23. The summed E-state index contributed by atoms with van der Waals surface area (Å²) in [6.07, 6.45) is 1.41. The highest BCUT2D eigenvalue weighted by Crippen LogP contribution is 2.32. The number of hydrogen-bond acceptors (Lipinski definition) is 5. The van der Waals surface area contributed by atoms with Crippen molar-refractivity contribution >= 4 is 37.6 Å². The molecule has 1 amide bonds. The molecule has 0 aliphatic carbocycles. The molecule has 34 heavy (non-hydrogen) atoms. The Morgan fingerprint density at radius 1 is 1.03 bits per heavy atom. The van der Waals surface area contributed by atoms with Crippen LogP contribution in [0.15, 0.2) is 59.6 Å². The third-order valence-electron chi connectivity index (χ3n) is 5.75. The number of carbonyl (C=O) groups is 1. The van der Waals surface area contributed by atoms with Crippen molar-refractivity contribution in [3.05, 3.63) is 66.0 Å². The lowest BCUT2D eigenvalue weighted by molar-refractivity contribution is 0.0950. The van der Waals surface area contributed by atoms with Gasteiger partial charge in [-0.2, -0.15) is 0 Å². The minimum Gasteiger partial charge on any atom is -0.491 e. The summed E-state index contributed by atoms with van der Waals surface area (Å²) in [7, 11) is -3.30. The number of aromatic nitrogens is 2. The Morgan fingerprint density at radius 2 is 1.74 bits per heavy atom. The lowest BCUT2D eigenvalue weighted by atomic mass is 10.1. The summed E-state index contributed by atoms with van der Waals surface area (Å²) in [5.41, 5.74) is 3.29. The number of amides is 1. The second-order valence-electron chi connectivity index (χ2n) is 8.39. The zero-order valence-electron chi connectivity index (χ0n) is 19.8. The monoisotopic (exact) mass is 479 g/mol. The highest BCUT2D eigenvalue weighted by Gasteiger charge is 2.15. The van der Waals surface area contributed by atoms with Gasteiger partial charge in [0.25, 0.3) is 5.91 Å². The van der Waals surface area contributed by atoms with Crippen molar-refractivity contribution in [3.63, 3.8) is 0 Å². The molecule has 0 saturated heterocycles. The van der Waals surface area contributed by atoms with Gasteiger partial charge in [0.2, 0.25) is 0 Å². The van der Waals surface area contributed by atoms with E-state index in [9.17, 15) is 13.2 Å². The van der Waals surface area contributed by atoms with Crippen LogP contribution in [0.2, 0.25) is 0 Å². The number of rotatable bonds is 8. The number of nitrogens with zero attached hydrogens (tertiary/aromatic N) is 2. The Balaban J connectivity index is 1.60. The highest BCUT2D eigenvalue weighted by molar-refractivity contribution is 7.91. The van der Waals surface area contributed by atoms with E-state index < -0.39 is 9.84 Å². The van der Waals surface area contributed by atoms with Crippen LogP contribution in [0.3, 0.4) is 0 Å². The van der Waals surface area contributed by atoms with Crippen LogP contribution < -0.4 is 10.1 Å². The zero-order valence-corrected chi connectivity index (χ0v) is 20.6. The van der Waals surface area contributed by atoms with Crippen LogP contribution in [0.4, 0.5) is 0 Å². The van der Waals surface area contributed by atoms with Crippen molar-refractivity contribution in [2.24, 2.45) is 0 Å². The van der Waals surface area contributed by atoms with Crippen LogP contribution in [-0.4, -0.2) is 35.7 Å². The molecule has 2 aromatic heterocycles. The van der Waals surface area contributed by atoms with Crippen molar-refractivity contribution in [3.8, 4) is 5.75 Å². The lowest BCUT2D eigenvalue weighted by Gasteiger charge is -2.10. The van der Waals surface area contributed by atoms with Crippen molar-refractivity contribution in [1.29, 1.82) is 0 Å². The molecule has 0 spiro atoms. The van der Waals surface area contributed by atoms with E-state index in [0.29, 0.717) is 11.3 Å². The molecule has 178 valence electrons. The van der Waals surface area contributed by atoms with Crippen molar-refractivity contribution in [2.45, 2.75) is 51.8 Å². The van der Waals surface area contributed by atoms with E-state index in [1.807, 2.05) is 44.2 Å². The summed E-state index contributed by atoms with van der Waals surface area (Å²) in [6.45, 7) is 8.69. The van der Waals surface area contributed by atoms with Gasteiger partial charge < -0.3 is 14.6 Å². The predicted molar refractivity (Wildman–Crippen MR) is 134 cm³/mol. The summed E-state index contributed by atoms with van der Waals surface area (Å²) >= 11 is 0. The largest absolute Gasteiger partial charge is 0.491 e. The first-order valence-electron chi connectivity index (χ1n) is 11.4. The summed E-state index contributed by atoms with van der Waals surface area (Å²) in [5.74, 6) is 0.598. The SMILES string of the molecule is CCn1c2ccc(OC(C)C)cc2c2cc(C(=O)NCc3ccc(S(=O)(=O)CC)cn3)ccc21. The smallest absolute Gasteiger partial charge is 0.251 e. The van der Waals surface area contributed by atoms with Gasteiger partial charge >= 0.3 is 0 Å². The van der Waals surface area contributed by atoms with E-state index in [4.69, 9.17) is 4.74 Å². The van der Waals surface area contributed by atoms with E-state index in [0.717, 1.165) is 34.1 Å². The van der Waals surface area contributed by atoms with Crippen molar-refractivity contribution < 1.29 is 17.9 Å². The summed E-state index contributed by atoms with van der Waals surface area (Å²) in [4.78, 5) is 17.3. The highest BCUT2D eigenvalue weighted by atomic mass is 32.2. The summed E-state index contributed by atoms with van der Waals surface area (Å²) in [6, 6.07) is 14.9. The molecular weight excluding hydrogens is 450 g/mol. The van der Waals surface area contributed by atoms with Gasteiger partial charge in [-0.15, -0.1) is 0 Å². The second-order valence-corrected chi connectivity index (χ2v) is 10.7. The topological polar surface area (TPSA) is 90.3 Å². The van der Waals surface area contributed by atoms with E-state index in [1.54, 1.807) is 13.0 Å². The molecule has 8 heteroatoms. The van der Waals surface area contributed by atoms with Gasteiger partial charge in [-0.1, -0.05) is 6.92 Å². The molecule has 0 fully saturated rings. The number of pyridine rings is 1. The third kappa shape index (κ3) is 4.63. The van der Waals surface area contributed by atoms with Crippen LogP contribution in [0.25, 0.3) is 21.8 Å². The molecule has 4 aromatic rings. The molecule has 4 rings (SSSR count). The average Bonchev–Trinajstić information content (AvgIpc) is 3.14. The maximum absolute atomic E-state index is 12.9. The Hall–Kier alpha value is -3.39. The van der Waals surface area contributed by atoms with Crippen molar-refractivity contribution in [1.82, 2.24) is 14.9 Å². The zero-order chi connectivity index (χ0) is 24.5. The van der Waals surface area contributed by atoms with Gasteiger partial charge in [0.05, 0.1) is 29.0 Å². The number of ether oxygens (including phenoxy) is 1. The first kappa shape index (κ1) is 23.8. The molecule has 7 nitrogen and oxygen atoms in total. The van der Waals surface area contributed by atoms with E-state index in [-0.39, 0.29) is 29.2 Å². The molecule has 0 radical (unpaired) electrons. The Labute approximate surface area is 199 Å². The van der Waals surface area contributed by atoms with Gasteiger partial charge in [-0.25, -0.2) is 8.42 Å². The Kier molecular flexibility index (Phi) is 6.61. The molecule has 0 unspecified atom stereocenters. The first-order chi connectivity index (χ1) is 16.2. The number of benzene rings is 2. The summed E-state index contributed by atoms with van der Waals surface area (Å²) in [5, 5.41) is 4.91. The van der Waals surface area contributed by atoms with E-state index >= 15 is 0 Å². The minimum absolute atomic E-state index is 0.0206. The summed E-state index contributed by atoms with van der Waals surface area (Å²) < 4.78 is 32.0. The molecule has 0 bridgehead atoms. The van der Waals surface area contributed by atoms with Crippen LogP contribution in [0, 0.1) is 0 Å². The van der Waals surface area contributed by atoms with Crippen LogP contribution >= 0.6 is 0 Å². The normalized spacial score (nSPS) is 11.9. The van der Waals surface area contributed by atoms with Crippen LogP contribution in [0.1, 0.15) is 43.7 Å². The Bertz CT molecular complexity index is 1460. The van der Waals surface area contributed by atoms with E-state index in [2.05, 4.69) is 27.9 Å². The molecule has 2 heterocycles. The van der Waals surface area contributed by atoms with Gasteiger partial charge in [0, 0.05) is 40.1 Å². The predicted octanol–water partition coefficient (Wildman–Crippen LogP) is 4.72. The second kappa shape index (κ2) is 9.46. The quantitative estimate of drug-likeness (QED) is 0.395. The molecule has 0 aliphatic heterocycles.